The Morgan fingerprint density at radius 3 is 2.44 bits per heavy atom. The highest BCUT2D eigenvalue weighted by Gasteiger charge is 2.38. The summed E-state index contributed by atoms with van der Waals surface area (Å²) in [4.78, 5) is 28.3. The monoisotopic (exact) mass is 383 g/mol. The van der Waals surface area contributed by atoms with Gasteiger partial charge in [-0.05, 0) is 68.1 Å². The van der Waals surface area contributed by atoms with Crippen LogP contribution >= 0.6 is 11.3 Å². The average Bonchev–Trinajstić information content (AvgIpc) is 3.17. The Labute approximate surface area is 162 Å². The Balaban J connectivity index is 2.10. The number of methoxy groups -OCH3 is 1. The number of aryl methyl sites for hydroxylation is 1. The number of allylic oxidation sites excluding steroid dienone is 1. The minimum absolute atomic E-state index is 0.242. The number of benzene rings is 1. The van der Waals surface area contributed by atoms with E-state index in [-0.39, 0.29) is 12.5 Å². The van der Waals surface area contributed by atoms with E-state index in [9.17, 15) is 9.59 Å². The minimum Gasteiger partial charge on any atom is -0.497 e. The summed E-state index contributed by atoms with van der Waals surface area (Å²) in [5, 5.41) is 1.96. The molecule has 5 nitrogen and oxygen atoms in total. The van der Waals surface area contributed by atoms with E-state index in [0.29, 0.717) is 28.3 Å². The minimum atomic E-state index is -0.486. The van der Waals surface area contributed by atoms with Crippen molar-refractivity contribution in [3.05, 3.63) is 63.0 Å². The summed E-state index contributed by atoms with van der Waals surface area (Å²) < 4.78 is 10.4. The summed E-state index contributed by atoms with van der Waals surface area (Å²) in [5.41, 5.74) is 2.96. The van der Waals surface area contributed by atoms with Crippen LogP contribution in [0.3, 0.4) is 0 Å². The molecule has 0 bridgehead atoms. The molecule has 0 saturated heterocycles. The van der Waals surface area contributed by atoms with Crippen molar-refractivity contribution in [3.8, 4) is 5.75 Å². The zero-order valence-electron chi connectivity index (χ0n) is 15.7. The van der Waals surface area contributed by atoms with E-state index in [1.54, 1.807) is 56.2 Å². The lowest BCUT2D eigenvalue weighted by Gasteiger charge is -2.18. The van der Waals surface area contributed by atoms with Crippen LogP contribution in [0.15, 0.2) is 52.6 Å². The standard InChI is InChI=1S/C21H21NO4S/c1-5-26-21(24)19-14(3)22(15-6-8-16(25-4)9-7-15)20(23)17(19)12-18-13(2)10-11-27-18/h6-12H,5H2,1-4H3/b17-12-. The fraction of sp³-hybridized carbons (Fsp3) is 0.238. The van der Waals surface area contributed by atoms with Gasteiger partial charge >= 0.3 is 5.97 Å². The maximum absolute atomic E-state index is 13.2. The first-order valence-corrected chi connectivity index (χ1v) is 9.48. The Morgan fingerprint density at radius 1 is 1.19 bits per heavy atom. The number of amides is 1. The Hall–Kier alpha value is -2.86. The fourth-order valence-electron chi connectivity index (χ4n) is 2.99. The Morgan fingerprint density at radius 2 is 1.89 bits per heavy atom. The molecule has 0 spiro atoms. The zero-order valence-corrected chi connectivity index (χ0v) is 16.6. The molecule has 0 radical (unpaired) electrons. The van der Waals surface area contributed by atoms with Gasteiger partial charge in [0.05, 0.1) is 24.9 Å². The van der Waals surface area contributed by atoms with Gasteiger partial charge in [-0.2, -0.15) is 0 Å². The molecular weight excluding hydrogens is 362 g/mol. The second kappa shape index (κ2) is 7.80. The smallest absolute Gasteiger partial charge is 0.340 e. The highest BCUT2D eigenvalue weighted by atomic mass is 32.1. The van der Waals surface area contributed by atoms with Gasteiger partial charge in [-0.25, -0.2) is 4.79 Å². The predicted octanol–water partition coefficient (Wildman–Crippen LogP) is 4.33. The third-order valence-corrected chi connectivity index (χ3v) is 5.35. The molecule has 1 aliphatic rings. The largest absolute Gasteiger partial charge is 0.497 e. The van der Waals surface area contributed by atoms with Crippen molar-refractivity contribution in [1.29, 1.82) is 0 Å². The van der Waals surface area contributed by atoms with Gasteiger partial charge in [-0.15, -0.1) is 11.3 Å². The van der Waals surface area contributed by atoms with E-state index in [2.05, 4.69) is 0 Å². The Kier molecular flexibility index (Phi) is 5.46. The molecule has 6 heteroatoms. The number of nitrogens with zero attached hydrogens (tertiary/aromatic N) is 1. The molecule has 3 rings (SSSR count). The molecule has 1 aliphatic heterocycles. The number of thiophene rings is 1. The predicted molar refractivity (Wildman–Crippen MR) is 107 cm³/mol. The molecule has 0 aliphatic carbocycles. The van der Waals surface area contributed by atoms with Gasteiger partial charge in [0.25, 0.3) is 5.91 Å². The van der Waals surface area contributed by atoms with Gasteiger partial charge in [-0.3, -0.25) is 9.69 Å². The first-order chi connectivity index (χ1) is 13.0. The summed E-state index contributed by atoms with van der Waals surface area (Å²) in [7, 11) is 1.59. The molecule has 2 heterocycles. The molecule has 0 atom stereocenters. The summed E-state index contributed by atoms with van der Waals surface area (Å²) in [6.45, 7) is 5.73. The van der Waals surface area contributed by atoms with Crippen molar-refractivity contribution in [3.63, 3.8) is 0 Å². The van der Waals surface area contributed by atoms with Crippen molar-refractivity contribution in [2.24, 2.45) is 0 Å². The number of carbonyl (C=O) groups is 2. The second-order valence-corrected chi connectivity index (χ2v) is 6.99. The van der Waals surface area contributed by atoms with Crippen LogP contribution in [0.1, 0.15) is 24.3 Å². The van der Waals surface area contributed by atoms with E-state index in [1.165, 1.54) is 11.3 Å². The SMILES string of the molecule is CCOC(=O)C1=C(C)N(c2ccc(OC)cc2)C(=O)/C1=C\c1sccc1C. The van der Waals surface area contributed by atoms with Crippen LogP contribution in [-0.4, -0.2) is 25.6 Å². The number of anilines is 1. The molecule has 0 fully saturated rings. The van der Waals surface area contributed by atoms with Crippen LogP contribution in [0.2, 0.25) is 0 Å². The third-order valence-electron chi connectivity index (χ3n) is 4.39. The lowest BCUT2D eigenvalue weighted by Crippen LogP contribution is -2.24. The van der Waals surface area contributed by atoms with Crippen LogP contribution in [-0.2, 0) is 14.3 Å². The maximum Gasteiger partial charge on any atom is 0.340 e. The van der Waals surface area contributed by atoms with Crippen molar-refractivity contribution in [1.82, 2.24) is 0 Å². The first-order valence-electron chi connectivity index (χ1n) is 8.60. The highest BCUT2D eigenvalue weighted by molar-refractivity contribution is 7.11. The lowest BCUT2D eigenvalue weighted by molar-refractivity contribution is -0.138. The molecule has 0 N–H and O–H groups in total. The maximum atomic E-state index is 13.2. The van der Waals surface area contributed by atoms with E-state index in [4.69, 9.17) is 9.47 Å². The van der Waals surface area contributed by atoms with Gasteiger partial charge in [0.2, 0.25) is 0 Å². The van der Waals surface area contributed by atoms with Gasteiger partial charge in [0, 0.05) is 16.3 Å². The summed E-state index contributed by atoms with van der Waals surface area (Å²) >= 11 is 1.53. The highest BCUT2D eigenvalue weighted by Crippen LogP contribution is 2.36. The molecular formula is C21H21NO4S. The van der Waals surface area contributed by atoms with Gasteiger partial charge < -0.3 is 9.47 Å². The van der Waals surface area contributed by atoms with E-state index >= 15 is 0 Å². The zero-order chi connectivity index (χ0) is 19.6. The number of hydrogen-bond donors (Lipinski definition) is 0. The molecule has 0 saturated carbocycles. The van der Waals surface area contributed by atoms with E-state index in [1.807, 2.05) is 18.4 Å². The van der Waals surface area contributed by atoms with Crippen LogP contribution < -0.4 is 9.64 Å². The van der Waals surface area contributed by atoms with Gasteiger partial charge in [0.1, 0.15) is 5.75 Å². The number of ether oxygens (including phenoxy) is 2. The van der Waals surface area contributed by atoms with Crippen molar-refractivity contribution in [2.45, 2.75) is 20.8 Å². The molecule has 1 amide bonds. The average molecular weight is 383 g/mol. The molecule has 27 heavy (non-hydrogen) atoms. The normalized spacial score (nSPS) is 15.6. The number of rotatable bonds is 5. The molecule has 1 aromatic carbocycles. The van der Waals surface area contributed by atoms with Crippen LogP contribution in [0.4, 0.5) is 5.69 Å². The van der Waals surface area contributed by atoms with Crippen LogP contribution in [0, 0.1) is 6.92 Å². The number of hydrogen-bond acceptors (Lipinski definition) is 5. The van der Waals surface area contributed by atoms with E-state index in [0.717, 1.165) is 10.4 Å². The molecule has 0 unspecified atom stereocenters. The van der Waals surface area contributed by atoms with Gasteiger partial charge in [0.15, 0.2) is 0 Å². The Bertz CT molecular complexity index is 937. The molecule has 1 aromatic heterocycles. The summed E-state index contributed by atoms with van der Waals surface area (Å²) in [5.74, 6) is -0.0315. The molecule has 2 aromatic rings. The third kappa shape index (κ3) is 3.53. The van der Waals surface area contributed by atoms with Crippen molar-refractivity contribution >= 4 is 35.0 Å². The topological polar surface area (TPSA) is 55.8 Å². The fourth-order valence-corrected chi connectivity index (χ4v) is 3.85. The van der Waals surface area contributed by atoms with Crippen molar-refractivity contribution in [2.75, 3.05) is 18.6 Å². The molecule has 140 valence electrons. The number of esters is 1. The lowest BCUT2D eigenvalue weighted by atomic mass is 10.1. The summed E-state index contributed by atoms with van der Waals surface area (Å²) in [6, 6.07) is 9.14. The van der Waals surface area contributed by atoms with Crippen LogP contribution in [0.5, 0.6) is 5.75 Å². The quantitative estimate of drug-likeness (QED) is 0.570. The van der Waals surface area contributed by atoms with Crippen LogP contribution in [0.25, 0.3) is 6.08 Å². The summed E-state index contributed by atoms with van der Waals surface area (Å²) in [6.07, 6.45) is 1.78. The second-order valence-electron chi connectivity index (χ2n) is 6.05. The first kappa shape index (κ1) is 18.9. The number of carbonyl (C=O) groups excluding carboxylic acids is 2. The van der Waals surface area contributed by atoms with E-state index < -0.39 is 5.97 Å². The van der Waals surface area contributed by atoms with Gasteiger partial charge in [-0.1, -0.05) is 0 Å². The van der Waals surface area contributed by atoms with Crippen molar-refractivity contribution < 1.29 is 19.1 Å².